The van der Waals surface area contributed by atoms with Gasteiger partial charge < -0.3 is 4.52 Å². The molecule has 20 heavy (non-hydrogen) atoms. The first kappa shape index (κ1) is 21.1. The Morgan fingerprint density at radius 2 is 1.80 bits per heavy atom. The van der Waals surface area contributed by atoms with Crippen molar-refractivity contribution in [3.8, 4) is 0 Å². The van der Waals surface area contributed by atoms with E-state index in [9.17, 15) is 4.57 Å². The van der Waals surface area contributed by atoms with Crippen LogP contribution in [0.4, 0.5) is 0 Å². The normalized spacial score (nSPS) is 18.0. The SMILES string of the molecule is CCCO[P@](=O)(OC=C(Cl)Cl)O[C@](C)(CC)C(Cl)(Cl)Cl. The van der Waals surface area contributed by atoms with Crippen LogP contribution in [0.5, 0.6) is 0 Å². The largest absolute Gasteiger partial charge is 0.530 e. The highest BCUT2D eigenvalue weighted by Crippen LogP contribution is 2.58. The Morgan fingerprint density at radius 1 is 1.25 bits per heavy atom. The van der Waals surface area contributed by atoms with E-state index in [4.69, 9.17) is 71.6 Å². The molecule has 0 saturated carbocycles. The molecule has 4 nitrogen and oxygen atoms in total. The average molecular weight is 408 g/mol. The molecule has 0 fully saturated rings. The third-order valence-electron chi connectivity index (χ3n) is 2.31. The fourth-order valence-electron chi connectivity index (χ4n) is 0.949. The maximum Gasteiger partial charge on any atom is 0.530 e. The molecule has 120 valence electrons. The molecule has 0 aromatic rings. The lowest BCUT2D eigenvalue weighted by molar-refractivity contribution is 0.0322. The summed E-state index contributed by atoms with van der Waals surface area (Å²) in [5, 5.41) is 0. The third kappa shape index (κ3) is 6.93. The van der Waals surface area contributed by atoms with Crippen molar-refractivity contribution >= 4 is 65.8 Å². The van der Waals surface area contributed by atoms with Gasteiger partial charge in [-0.05, 0) is 19.8 Å². The van der Waals surface area contributed by atoms with Crippen LogP contribution in [0.1, 0.15) is 33.6 Å². The van der Waals surface area contributed by atoms with Gasteiger partial charge in [0.2, 0.25) is 3.79 Å². The Hall–Kier alpha value is 1.14. The van der Waals surface area contributed by atoms with Crippen LogP contribution in [-0.2, 0) is 18.1 Å². The molecule has 0 spiro atoms. The zero-order valence-corrected chi connectivity index (χ0v) is 15.8. The summed E-state index contributed by atoms with van der Waals surface area (Å²) in [6, 6.07) is 0. The van der Waals surface area contributed by atoms with E-state index in [1.807, 2.05) is 6.92 Å². The lowest BCUT2D eigenvalue weighted by Crippen LogP contribution is -2.41. The van der Waals surface area contributed by atoms with Crippen molar-refractivity contribution in [1.82, 2.24) is 0 Å². The summed E-state index contributed by atoms with van der Waals surface area (Å²) in [7, 11) is -4.02. The number of rotatable bonds is 8. The van der Waals surface area contributed by atoms with Crippen LogP contribution in [0, 0.1) is 0 Å². The van der Waals surface area contributed by atoms with E-state index in [1.54, 1.807) is 6.92 Å². The molecular weight excluding hydrogens is 392 g/mol. The summed E-state index contributed by atoms with van der Waals surface area (Å²) < 4.78 is 25.8. The molecule has 2 atom stereocenters. The van der Waals surface area contributed by atoms with Gasteiger partial charge in [0.15, 0.2) is 0 Å². The summed E-state index contributed by atoms with van der Waals surface area (Å²) in [5.41, 5.74) is -1.38. The van der Waals surface area contributed by atoms with E-state index in [0.717, 1.165) is 6.26 Å². The Kier molecular flexibility index (Phi) is 9.18. The fourth-order valence-corrected chi connectivity index (χ4v) is 3.40. The second-order valence-electron chi connectivity index (χ2n) is 3.97. The Balaban J connectivity index is 5.23. The molecule has 0 aliphatic carbocycles. The van der Waals surface area contributed by atoms with Gasteiger partial charge in [-0.3, -0.25) is 9.05 Å². The molecule has 0 aliphatic rings. The van der Waals surface area contributed by atoms with Crippen molar-refractivity contribution in [1.29, 1.82) is 0 Å². The number of hydrogen-bond acceptors (Lipinski definition) is 4. The van der Waals surface area contributed by atoms with Crippen LogP contribution in [-0.4, -0.2) is 16.0 Å². The zero-order valence-electron chi connectivity index (χ0n) is 11.2. The Labute approximate surface area is 144 Å². The molecule has 0 aromatic carbocycles. The average Bonchev–Trinajstić information content (AvgIpc) is 2.32. The van der Waals surface area contributed by atoms with Crippen molar-refractivity contribution in [3.05, 3.63) is 10.8 Å². The minimum Gasteiger partial charge on any atom is -0.409 e. The smallest absolute Gasteiger partial charge is 0.409 e. The van der Waals surface area contributed by atoms with Gasteiger partial charge in [-0.25, -0.2) is 4.57 Å². The van der Waals surface area contributed by atoms with Gasteiger partial charge >= 0.3 is 7.82 Å². The second-order valence-corrected chi connectivity index (χ2v) is 8.80. The number of phosphoric acid groups is 1. The summed E-state index contributed by atoms with van der Waals surface area (Å²) in [5.74, 6) is 0. The van der Waals surface area contributed by atoms with Gasteiger partial charge in [0, 0.05) is 0 Å². The molecule has 10 heteroatoms. The van der Waals surface area contributed by atoms with E-state index in [-0.39, 0.29) is 17.5 Å². The lowest BCUT2D eigenvalue weighted by Gasteiger charge is -2.36. The van der Waals surface area contributed by atoms with E-state index in [0.29, 0.717) is 6.42 Å². The molecule has 0 heterocycles. The molecule has 0 rings (SSSR count). The predicted molar refractivity (Wildman–Crippen MR) is 84.8 cm³/mol. The molecule has 0 unspecified atom stereocenters. The van der Waals surface area contributed by atoms with Crippen molar-refractivity contribution in [3.63, 3.8) is 0 Å². The highest BCUT2D eigenvalue weighted by molar-refractivity contribution is 7.48. The maximum atomic E-state index is 12.5. The number of hydrogen-bond donors (Lipinski definition) is 0. The van der Waals surface area contributed by atoms with Crippen LogP contribution < -0.4 is 0 Å². The maximum absolute atomic E-state index is 12.5. The number of halogens is 5. The van der Waals surface area contributed by atoms with Crippen molar-refractivity contribution < 1.29 is 18.1 Å². The topological polar surface area (TPSA) is 44.8 Å². The van der Waals surface area contributed by atoms with Crippen LogP contribution in [0.25, 0.3) is 0 Å². The van der Waals surface area contributed by atoms with Gasteiger partial charge in [-0.1, -0.05) is 71.9 Å². The van der Waals surface area contributed by atoms with E-state index in [2.05, 4.69) is 0 Å². The minimum absolute atomic E-state index is 0.130. The van der Waals surface area contributed by atoms with Crippen LogP contribution in [0.2, 0.25) is 0 Å². The molecule has 0 bridgehead atoms. The van der Waals surface area contributed by atoms with Crippen molar-refractivity contribution in [2.45, 2.75) is 43.0 Å². The van der Waals surface area contributed by atoms with E-state index < -0.39 is 17.2 Å². The molecular formula is C10H16Cl5O4P. The van der Waals surface area contributed by atoms with Gasteiger partial charge in [0.05, 0.1) is 6.61 Å². The molecule has 0 radical (unpaired) electrons. The number of alkyl halides is 3. The van der Waals surface area contributed by atoms with Crippen molar-refractivity contribution in [2.24, 2.45) is 0 Å². The summed E-state index contributed by atoms with van der Waals surface area (Å²) >= 11 is 28.4. The Morgan fingerprint density at radius 3 is 2.15 bits per heavy atom. The lowest BCUT2D eigenvalue weighted by atomic mass is 10.1. The van der Waals surface area contributed by atoms with Crippen LogP contribution in [0.3, 0.4) is 0 Å². The highest BCUT2D eigenvalue weighted by atomic mass is 35.6. The second kappa shape index (κ2) is 8.69. The third-order valence-corrected chi connectivity index (χ3v) is 5.18. The van der Waals surface area contributed by atoms with Gasteiger partial charge in [-0.15, -0.1) is 0 Å². The van der Waals surface area contributed by atoms with E-state index >= 15 is 0 Å². The standard InChI is InChI=1S/C10H16Cl5O4P/c1-4-6-17-20(16,18-7-8(11)12)19-9(3,5-2)10(13,14)15/h7H,4-6H2,1-3H3/t9-,20-/m1/s1. The quantitative estimate of drug-likeness (QED) is 0.266. The molecule has 0 aliphatic heterocycles. The molecule has 0 aromatic heterocycles. The first-order valence-corrected chi connectivity index (χ1v) is 9.06. The van der Waals surface area contributed by atoms with Crippen molar-refractivity contribution in [2.75, 3.05) is 6.61 Å². The summed E-state index contributed by atoms with van der Waals surface area (Å²) in [6.45, 7) is 5.14. The zero-order chi connectivity index (χ0) is 16.0. The summed E-state index contributed by atoms with van der Waals surface area (Å²) in [6.07, 6.45) is 1.68. The van der Waals surface area contributed by atoms with Gasteiger partial charge in [-0.2, -0.15) is 0 Å². The first-order chi connectivity index (χ1) is 8.99. The first-order valence-electron chi connectivity index (χ1n) is 5.71. The molecule has 0 saturated heterocycles. The fraction of sp³-hybridized carbons (Fsp3) is 0.800. The monoisotopic (exact) mass is 406 g/mol. The summed E-state index contributed by atoms with van der Waals surface area (Å²) in [4.78, 5) is 0. The van der Waals surface area contributed by atoms with E-state index in [1.165, 1.54) is 6.92 Å². The predicted octanol–water partition coefficient (Wildman–Crippen LogP) is 6.37. The Bertz CT molecular complexity index is 380. The van der Waals surface area contributed by atoms with Gasteiger partial charge in [0.25, 0.3) is 0 Å². The minimum atomic E-state index is -4.02. The van der Waals surface area contributed by atoms with Crippen LogP contribution >= 0.6 is 65.8 Å². The molecule has 0 N–H and O–H groups in total. The van der Waals surface area contributed by atoms with Gasteiger partial charge in [0.1, 0.15) is 16.4 Å². The molecule has 0 amide bonds. The number of phosphoric ester groups is 1. The van der Waals surface area contributed by atoms with Crippen LogP contribution in [0.15, 0.2) is 10.8 Å². The highest BCUT2D eigenvalue weighted by Gasteiger charge is 2.50.